The summed E-state index contributed by atoms with van der Waals surface area (Å²) in [5, 5.41) is 0.663. The molecule has 182 valence electrons. The van der Waals surface area contributed by atoms with E-state index in [2.05, 4.69) is 4.90 Å². The number of Topliss-reactive ketones (excluding diaryl/α,β-unsaturated/α-hetero) is 2. The van der Waals surface area contributed by atoms with E-state index in [1.165, 1.54) is 0 Å². The number of allylic oxidation sites excluding steroid dienone is 4. The van der Waals surface area contributed by atoms with Crippen LogP contribution in [0.1, 0.15) is 62.5 Å². The van der Waals surface area contributed by atoms with Crippen molar-refractivity contribution in [3.05, 3.63) is 81.2 Å². The van der Waals surface area contributed by atoms with Gasteiger partial charge in [0.05, 0.1) is 6.61 Å². The summed E-state index contributed by atoms with van der Waals surface area (Å²) in [5.74, 6) is 1.18. The van der Waals surface area contributed by atoms with Crippen LogP contribution in [0.3, 0.4) is 0 Å². The highest BCUT2D eigenvalue weighted by atomic mass is 35.5. The molecule has 35 heavy (non-hydrogen) atoms. The van der Waals surface area contributed by atoms with Gasteiger partial charge in [0.15, 0.2) is 23.1 Å². The minimum atomic E-state index is -0.349. The van der Waals surface area contributed by atoms with Gasteiger partial charge in [-0.25, -0.2) is 0 Å². The fraction of sp³-hybridized carbons (Fsp3) is 0.379. The molecule has 2 aliphatic carbocycles. The maximum absolute atomic E-state index is 13.2. The SMILES string of the molecule is CCOc1cc(C2C3=C(CCCC3=O)N(C)C3=C2C(=O)CCC3)ccc1OCc1cccc(Cl)c1. The topological polar surface area (TPSA) is 55.8 Å². The molecule has 0 radical (unpaired) electrons. The van der Waals surface area contributed by atoms with Gasteiger partial charge in [0.25, 0.3) is 0 Å². The average molecular weight is 492 g/mol. The molecule has 5 nitrogen and oxygen atoms in total. The van der Waals surface area contributed by atoms with Crippen molar-refractivity contribution < 1.29 is 19.1 Å². The number of rotatable bonds is 6. The predicted molar refractivity (Wildman–Crippen MR) is 136 cm³/mol. The van der Waals surface area contributed by atoms with Crippen molar-refractivity contribution in [2.24, 2.45) is 0 Å². The van der Waals surface area contributed by atoms with Gasteiger partial charge in [-0.3, -0.25) is 9.59 Å². The summed E-state index contributed by atoms with van der Waals surface area (Å²) in [6.07, 6.45) is 4.48. The van der Waals surface area contributed by atoms with E-state index in [1.807, 2.05) is 56.4 Å². The Morgan fingerprint density at radius 3 is 2.20 bits per heavy atom. The maximum Gasteiger partial charge on any atom is 0.161 e. The van der Waals surface area contributed by atoms with Crippen LogP contribution < -0.4 is 9.47 Å². The summed E-state index contributed by atoms with van der Waals surface area (Å²) in [7, 11) is 2.01. The molecular formula is C29H30ClNO4. The predicted octanol–water partition coefficient (Wildman–Crippen LogP) is 6.36. The lowest BCUT2D eigenvalue weighted by Crippen LogP contribution is -2.37. The Bertz CT molecular complexity index is 1200. The standard InChI is InChI=1S/C29H30ClNO4/c1-3-34-26-16-19(13-14-25(26)35-17-18-7-4-8-20(30)15-18)27-28-21(9-5-11-23(28)32)31(2)22-10-6-12-24(33)29(22)27/h4,7-8,13-16,27H,3,5-6,9-12,17H2,1-2H3. The Hall–Kier alpha value is -3.05. The number of nitrogens with zero attached hydrogens (tertiary/aromatic N) is 1. The number of ketones is 2. The third-order valence-corrected chi connectivity index (χ3v) is 7.36. The fourth-order valence-electron chi connectivity index (χ4n) is 5.57. The van der Waals surface area contributed by atoms with E-state index in [4.69, 9.17) is 21.1 Å². The first-order valence-electron chi connectivity index (χ1n) is 12.4. The highest BCUT2D eigenvalue weighted by Gasteiger charge is 2.42. The van der Waals surface area contributed by atoms with Gasteiger partial charge in [-0.1, -0.05) is 29.8 Å². The Labute approximate surface area is 211 Å². The van der Waals surface area contributed by atoms with Crippen molar-refractivity contribution in [3.8, 4) is 11.5 Å². The number of carbonyl (C=O) groups excluding carboxylic acids is 2. The van der Waals surface area contributed by atoms with Gasteiger partial charge in [-0.15, -0.1) is 0 Å². The Morgan fingerprint density at radius 1 is 0.886 bits per heavy atom. The van der Waals surface area contributed by atoms with Gasteiger partial charge in [-0.05, 0) is 68.0 Å². The van der Waals surface area contributed by atoms with E-state index < -0.39 is 0 Å². The number of hydrogen-bond donors (Lipinski definition) is 0. The molecule has 2 aromatic carbocycles. The normalized spacial score (nSPS) is 18.5. The molecule has 5 rings (SSSR count). The van der Waals surface area contributed by atoms with Crippen LogP contribution in [0.5, 0.6) is 11.5 Å². The van der Waals surface area contributed by atoms with E-state index in [0.29, 0.717) is 42.6 Å². The summed E-state index contributed by atoms with van der Waals surface area (Å²) in [6.45, 7) is 2.76. The first-order valence-corrected chi connectivity index (χ1v) is 12.8. The fourth-order valence-corrected chi connectivity index (χ4v) is 5.78. The first-order chi connectivity index (χ1) is 17.0. The van der Waals surface area contributed by atoms with Crippen molar-refractivity contribution in [2.75, 3.05) is 13.7 Å². The Kier molecular flexibility index (Phi) is 6.70. The smallest absolute Gasteiger partial charge is 0.161 e. The molecule has 6 heteroatoms. The lowest BCUT2D eigenvalue weighted by atomic mass is 9.71. The Balaban J connectivity index is 1.55. The highest BCUT2D eigenvalue weighted by molar-refractivity contribution is 6.30. The zero-order valence-electron chi connectivity index (χ0n) is 20.2. The maximum atomic E-state index is 13.2. The summed E-state index contributed by atoms with van der Waals surface area (Å²) in [4.78, 5) is 28.6. The van der Waals surface area contributed by atoms with Gasteiger partial charge < -0.3 is 14.4 Å². The largest absolute Gasteiger partial charge is 0.490 e. The minimum Gasteiger partial charge on any atom is -0.490 e. The molecule has 0 unspecified atom stereocenters. The van der Waals surface area contributed by atoms with E-state index in [1.54, 1.807) is 0 Å². The van der Waals surface area contributed by atoms with Gasteiger partial charge in [-0.2, -0.15) is 0 Å². The number of halogens is 1. The van der Waals surface area contributed by atoms with Gasteiger partial charge >= 0.3 is 0 Å². The summed E-state index contributed by atoms with van der Waals surface area (Å²) >= 11 is 6.11. The molecule has 3 aliphatic rings. The molecule has 0 amide bonds. The average Bonchev–Trinajstić information content (AvgIpc) is 2.85. The lowest BCUT2D eigenvalue weighted by Gasteiger charge is -2.42. The van der Waals surface area contributed by atoms with Gasteiger partial charge in [0.2, 0.25) is 0 Å². The van der Waals surface area contributed by atoms with Crippen molar-refractivity contribution in [1.82, 2.24) is 4.90 Å². The zero-order valence-corrected chi connectivity index (χ0v) is 21.0. The molecule has 0 saturated carbocycles. The third-order valence-electron chi connectivity index (χ3n) is 7.13. The second-order valence-corrected chi connectivity index (χ2v) is 9.76. The summed E-state index contributed by atoms with van der Waals surface area (Å²) in [5.41, 5.74) is 5.56. The van der Waals surface area contributed by atoms with E-state index in [-0.39, 0.29) is 17.5 Å². The van der Waals surface area contributed by atoms with Gasteiger partial charge in [0.1, 0.15) is 6.61 Å². The number of carbonyl (C=O) groups is 2. The van der Waals surface area contributed by atoms with Crippen molar-refractivity contribution in [3.63, 3.8) is 0 Å². The number of ether oxygens (including phenoxy) is 2. The van der Waals surface area contributed by atoms with Crippen molar-refractivity contribution in [1.29, 1.82) is 0 Å². The molecule has 0 fully saturated rings. The number of benzene rings is 2. The van der Waals surface area contributed by atoms with Crippen LogP contribution in [0.2, 0.25) is 5.02 Å². The zero-order chi connectivity index (χ0) is 24.5. The number of hydrogen-bond acceptors (Lipinski definition) is 5. The Morgan fingerprint density at radius 2 is 1.57 bits per heavy atom. The first kappa shape index (κ1) is 23.7. The molecule has 1 heterocycles. The van der Waals surface area contributed by atoms with Gasteiger partial charge in [0, 0.05) is 53.4 Å². The van der Waals surface area contributed by atoms with E-state index >= 15 is 0 Å². The third kappa shape index (κ3) is 4.50. The molecule has 0 saturated heterocycles. The molecule has 0 spiro atoms. The molecule has 0 atom stereocenters. The molecule has 1 aliphatic heterocycles. The molecule has 0 bridgehead atoms. The monoisotopic (exact) mass is 491 g/mol. The van der Waals surface area contributed by atoms with Crippen LogP contribution in [0, 0.1) is 0 Å². The minimum absolute atomic E-state index is 0.146. The summed E-state index contributed by atoms with van der Waals surface area (Å²) < 4.78 is 12.1. The van der Waals surface area contributed by atoms with Crippen molar-refractivity contribution in [2.45, 2.75) is 58.0 Å². The summed E-state index contributed by atoms with van der Waals surface area (Å²) in [6, 6.07) is 13.4. The molecule has 0 aromatic heterocycles. The van der Waals surface area contributed by atoms with Crippen LogP contribution in [0.25, 0.3) is 0 Å². The molecule has 0 N–H and O–H groups in total. The second-order valence-electron chi connectivity index (χ2n) is 9.32. The van der Waals surface area contributed by atoms with Crippen molar-refractivity contribution >= 4 is 23.2 Å². The van der Waals surface area contributed by atoms with E-state index in [0.717, 1.165) is 59.4 Å². The quantitative estimate of drug-likeness (QED) is 0.470. The van der Waals surface area contributed by atoms with Crippen LogP contribution in [-0.4, -0.2) is 30.1 Å². The van der Waals surface area contributed by atoms with E-state index in [9.17, 15) is 9.59 Å². The molecule has 2 aromatic rings. The van der Waals surface area contributed by atoms with Crippen LogP contribution >= 0.6 is 11.6 Å². The van der Waals surface area contributed by atoms with Crippen LogP contribution in [0.15, 0.2) is 65.0 Å². The molecular weight excluding hydrogens is 462 g/mol. The van der Waals surface area contributed by atoms with Crippen LogP contribution in [-0.2, 0) is 16.2 Å². The lowest BCUT2D eigenvalue weighted by molar-refractivity contribution is -0.117. The van der Waals surface area contributed by atoms with Crippen LogP contribution in [0.4, 0.5) is 0 Å². The highest BCUT2D eigenvalue weighted by Crippen LogP contribution is 2.49. The second kappa shape index (κ2) is 9.90.